The Hall–Kier alpha value is -1.26. The van der Waals surface area contributed by atoms with E-state index in [-0.39, 0.29) is 11.8 Å². The van der Waals surface area contributed by atoms with Gasteiger partial charge in [-0.25, -0.2) is 0 Å². The predicted octanol–water partition coefficient (Wildman–Crippen LogP) is 2.13. The highest BCUT2D eigenvalue weighted by molar-refractivity contribution is 5.47. The molecule has 1 rings (SSSR count). The molecule has 0 saturated heterocycles. The van der Waals surface area contributed by atoms with Gasteiger partial charge in [-0.2, -0.15) is 0 Å². The molecule has 0 radical (unpaired) electrons. The second kappa shape index (κ2) is 7.24. The molecule has 1 aromatic rings. The van der Waals surface area contributed by atoms with E-state index in [2.05, 4.69) is 11.8 Å². The molecular weight excluding hydrogens is 228 g/mol. The summed E-state index contributed by atoms with van der Waals surface area (Å²) in [5.41, 5.74) is 6.67. The third-order valence-electron chi connectivity index (χ3n) is 3.23. The second-order valence-corrected chi connectivity index (χ2v) is 4.48. The zero-order valence-corrected chi connectivity index (χ0v) is 11.5. The van der Waals surface area contributed by atoms with Crippen molar-refractivity contribution in [3.63, 3.8) is 0 Å². The van der Waals surface area contributed by atoms with Gasteiger partial charge in [0.05, 0.1) is 13.2 Å². The molecule has 0 aromatic heterocycles. The number of rotatable bonds is 7. The maximum atomic E-state index is 10.2. The van der Waals surface area contributed by atoms with Gasteiger partial charge in [0.25, 0.3) is 0 Å². The Bertz CT molecular complexity index is 369. The Morgan fingerprint density at radius 2 is 2.17 bits per heavy atom. The fourth-order valence-electron chi connectivity index (χ4n) is 2.08. The van der Waals surface area contributed by atoms with Crippen molar-refractivity contribution in [2.24, 2.45) is 5.73 Å². The van der Waals surface area contributed by atoms with Gasteiger partial charge in [0, 0.05) is 12.1 Å². The molecule has 0 spiro atoms. The summed E-state index contributed by atoms with van der Waals surface area (Å²) in [6.45, 7) is 3.60. The molecule has 102 valence electrons. The van der Waals surface area contributed by atoms with Crippen molar-refractivity contribution in [2.45, 2.75) is 25.8 Å². The molecule has 0 aliphatic heterocycles. The van der Waals surface area contributed by atoms with Crippen LogP contribution in [0.5, 0.6) is 11.5 Å². The minimum Gasteiger partial charge on any atom is -0.504 e. The molecule has 0 heterocycles. The fraction of sp³-hybridized carbons (Fsp3) is 0.571. The van der Waals surface area contributed by atoms with E-state index < -0.39 is 0 Å². The first-order chi connectivity index (χ1) is 8.65. The van der Waals surface area contributed by atoms with E-state index in [1.165, 1.54) is 0 Å². The average Bonchev–Trinajstić information content (AvgIpc) is 2.39. The minimum atomic E-state index is 0.0200. The number of phenols is 1. The van der Waals surface area contributed by atoms with Crippen LogP contribution >= 0.6 is 0 Å². The highest BCUT2D eigenvalue weighted by Crippen LogP contribution is 2.35. The molecule has 0 aliphatic rings. The summed E-state index contributed by atoms with van der Waals surface area (Å²) >= 11 is 0. The van der Waals surface area contributed by atoms with Crippen molar-refractivity contribution in [3.8, 4) is 11.5 Å². The maximum absolute atomic E-state index is 10.2. The summed E-state index contributed by atoms with van der Waals surface area (Å²) in [5.74, 6) is 0.689. The highest BCUT2D eigenvalue weighted by Gasteiger charge is 2.20. The van der Waals surface area contributed by atoms with Crippen LogP contribution in [0.4, 0.5) is 0 Å². The summed E-state index contributed by atoms with van der Waals surface area (Å²) in [4.78, 5) is 2.18. The number of hydrogen-bond acceptors (Lipinski definition) is 4. The number of phenolic OH excluding ortho intramolecular Hbond substituents is 1. The Kier molecular flexibility index (Phi) is 5.95. The molecule has 1 unspecified atom stereocenters. The van der Waals surface area contributed by atoms with E-state index in [1.54, 1.807) is 13.2 Å². The van der Waals surface area contributed by atoms with Crippen LogP contribution in [0.3, 0.4) is 0 Å². The first-order valence-electron chi connectivity index (χ1n) is 6.41. The van der Waals surface area contributed by atoms with E-state index >= 15 is 0 Å². The lowest BCUT2D eigenvalue weighted by Crippen LogP contribution is -2.31. The standard InChI is InChI=1S/C14H24N2O2/c1-4-5-9-16(2)12(10-15)11-7-6-8-13(18-3)14(11)17/h6-8,12,17H,4-5,9-10,15H2,1-3H3. The number of aromatic hydroxyl groups is 1. The third kappa shape index (κ3) is 3.37. The van der Waals surface area contributed by atoms with Gasteiger partial charge in [-0.05, 0) is 26.1 Å². The number of methoxy groups -OCH3 is 1. The van der Waals surface area contributed by atoms with Crippen molar-refractivity contribution in [2.75, 3.05) is 27.2 Å². The van der Waals surface area contributed by atoms with Gasteiger partial charge in [-0.3, -0.25) is 4.90 Å². The number of unbranched alkanes of at least 4 members (excludes halogenated alkanes) is 1. The zero-order valence-electron chi connectivity index (χ0n) is 11.5. The van der Waals surface area contributed by atoms with Crippen molar-refractivity contribution >= 4 is 0 Å². The Balaban J connectivity index is 2.94. The van der Waals surface area contributed by atoms with Crippen LogP contribution in [0.15, 0.2) is 18.2 Å². The molecule has 4 heteroatoms. The minimum absolute atomic E-state index is 0.0200. The quantitative estimate of drug-likeness (QED) is 0.780. The molecular formula is C14H24N2O2. The smallest absolute Gasteiger partial charge is 0.162 e. The van der Waals surface area contributed by atoms with Crippen LogP contribution in [0.1, 0.15) is 31.4 Å². The van der Waals surface area contributed by atoms with Crippen LogP contribution in [0.25, 0.3) is 0 Å². The van der Waals surface area contributed by atoms with E-state index in [1.807, 2.05) is 19.2 Å². The highest BCUT2D eigenvalue weighted by atomic mass is 16.5. The van der Waals surface area contributed by atoms with Gasteiger partial charge in [-0.15, -0.1) is 0 Å². The van der Waals surface area contributed by atoms with E-state index in [4.69, 9.17) is 10.5 Å². The van der Waals surface area contributed by atoms with Crippen LogP contribution < -0.4 is 10.5 Å². The molecule has 0 fully saturated rings. The van der Waals surface area contributed by atoms with Crippen molar-refractivity contribution in [1.82, 2.24) is 4.90 Å². The van der Waals surface area contributed by atoms with Crippen molar-refractivity contribution in [1.29, 1.82) is 0 Å². The number of ether oxygens (including phenoxy) is 1. The lowest BCUT2D eigenvalue weighted by atomic mass is 10.0. The largest absolute Gasteiger partial charge is 0.504 e. The predicted molar refractivity (Wildman–Crippen MR) is 74.0 cm³/mol. The first-order valence-corrected chi connectivity index (χ1v) is 6.41. The summed E-state index contributed by atoms with van der Waals surface area (Å²) in [5, 5.41) is 10.2. The van der Waals surface area contributed by atoms with E-state index in [0.29, 0.717) is 12.3 Å². The molecule has 0 aliphatic carbocycles. The average molecular weight is 252 g/mol. The Morgan fingerprint density at radius 3 is 2.72 bits per heavy atom. The number of nitrogens with two attached hydrogens (primary N) is 1. The molecule has 3 N–H and O–H groups in total. The lowest BCUT2D eigenvalue weighted by molar-refractivity contribution is 0.240. The SMILES string of the molecule is CCCCN(C)C(CN)c1cccc(OC)c1O. The number of likely N-dealkylation sites (N-methyl/N-ethyl adjacent to an activating group) is 1. The summed E-state index contributed by atoms with van der Waals surface area (Å²) < 4.78 is 5.13. The van der Waals surface area contributed by atoms with Crippen molar-refractivity contribution in [3.05, 3.63) is 23.8 Å². The Labute approximate surface area is 109 Å². The molecule has 4 nitrogen and oxygen atoms in total. The summed E-state index contributed by atoms with van der Waals surface area (Å²) in [6.07, 6.45) is 2.27. The summed E-state index contributed by atoms with van der Waals surface area (Å²) in [6, 6.07) is 5.55. The number of para-hydroxylation sites is 1. The Morgan fingerprint density at radius 1 is 1.44 bits per heavy atom. The maximum Gasteiger partial charge on any atom is 0.162 e. The van der Waals surface area contributed by atoms with Gasteiger partial charge in [0.1, 0.15) is 0 Å². The van der Waals surface area contributed by atoms with Crippen molar-refractivity contribution < 1.29 is 9.84 Å². The number of hydrogen-bond donors (Lipinski definition) is 2. The second-order valence-electron chi connectivity index (χ2n) is 4.48. The zero-order chi connectivity index (χ0) is 13.5. The van der Waals surface area contributed by atoms with Gasteiger partial charge in [0.15, 0.2) is 11.5 Å². The third-order valence-corrected chi connectivity index (χ3v) is 3.23. The number of benzene rings is 1. The molecule has 0 amide bonds. The van der Waals surface area contributed by atoms with Gasteiger partial charge < -0.3 is 15.6 Å². The van der Waals surface area contributed by atoms with E-state index in [0.717, 1.165) is 24.9 Å². The molecule has 0 saturated carbocycles. The van der Waals surface area contributed by atoms with Crippen LogP contribution in [0.2, 0.25) is 0 Å². The van der Waals surface area contributed by atoms with Gasteiger partial charge in [-0.1, -0.05) is 25.5 Å². The normalized spacial score (nSPS) is 12.7. The molecule has 0 bridgehead atoms. The van der Waals surface area contributed by atoms with Gasteiger partial charge >= 0.3 is 0 Å². The monoisotopic (exact) mass is 252 g/mol. The van der Waals surface area contributed by atoms with E-state index in [9.17, 15) is 5.11 Å². The fourth-order valence-corrected chi connectivity index (χ4v) is 2.08. The lowest BCUT2D eigenvalue weighted by Gasteiger charge is -2.28. The molecule has 1 atom stereocenters. The van der Waals surface area contributed by atoms with Crippen LogP contribution in [0, 0.1) is 0 Å². The van der Waals surface area contributed by atoms with Crippen LogP contribution in [-0.4, -0.2) is 37.3 Å². The van der Waals surface area contributed by atoms with Crippen LogP contribution in [-0.2, 0) is 0 Å². The first kappa shape index (κ1) is 14.8. The summed E-state index contributed by atoms with van der Waals surface area (Å²) in [7, 11) is 3.59. The number of nitrogens with zero attached hydrogens (tertiary/aromatic N) is 1. The molecule has 1 aromatic carbocycles. The topological polar surface area (TPSA) is 58.7 Å². The molecule has 18 heavy (non-hydrogen) atoms. The van der Waals surface area contributed by atoms with Gasteiger partial charge in [0.2, 0.25) is 0 Å².